The summed E-state index contributed by atoms with van der Waals surface area (Å²) >= 11 is 1.36. The maximum atomic E-state index is 13.4. The smallest absolute Gasteiger partial charge is 0.310 e. The predicted octanol–water partition coefficient (Wildman–Crippen LogP) is 7.10. The molecule has 1 fully saturated rings. The van der Waals surface area contributed by atoms with Crippen LogP contribution in [0.3, 0.4) is 0 Å². The number of aliphatic imine (C=N–C) groups is 1. The topological polar surface area (TPSA) is 122 Å². The first-order chi connectivity index (χ1) is 22.4. The van der Waals surface area contributed by atoms with Crippen molar-refractivity contribution in [2.24, 2.45) is 10.9 Å². The molecule has 2 aromatic carbocycles. The molecule has 3 heterocycles. The highest BCUT2D eigenvalue weighted by Crippen LogP contribution is 2.30. The van der Waals surface area contributed by atoms with Gasteiger partial charge in [0, 0.05) is 47.9 Å². The van der Waals surface area contributed by atoms with Gasteiger partial charge in [0.15, 0.2) is 5.82 Å². The number of amides is 2. The first-order valence-electron chi connectivity index (χ1n) is 15.9. The molecular weight excluding hydrogens is 612 g/mol. The molecule has 2 amide bonds. The highest BCUT2D eigenvalue weighted by Gasteiger charge is 2.37. The summed E-state index contributed by atoms with van der Waals surface area (Å²) < 4.78 is 6.01. The summed E-state index contributed by atoms with van der Waals surface area (Å²) in [7, 11) is 0. The summed E-state index contributed by atoms with van der Waals surface area (Å²) in [6, 6.07) is 19.0. The number of carboxylic acid groups (broad SMARTS) is 1. The molecule has 0 unspecified atom stereocenters. The van der Waals surface area contributed by atoms with E-state index in [4.69, 9.17) is 4.74 Å². The van der Waals surface area contributed by atoms with E-state index in [2.05, 4.69) is 49.6 Å². The third-order valence-electron chi connectivity index (χ3n) is 8.19. The van der Waals surface area contributed by atoms with Gasteiger partial charge in [0.05, 0.1) is 16.9 Å². The molecule has 1 aliphatic rings. The Kier molecular flexibility index (Phi) is 10.3. The SMILES string of the molecule is CCC(CC)Oc1ccc(-c2cnc(-c3ccc(CC(=NC(=O)c4ccc(C(C)(C)C)s4)C(=O)N4CC(C(=O)O)C4)cc3)nc2)cc1. The molecule has 4 aromatic rings. The summed E-state index contributed by atoms with van der Waals surface area (Å²) in [5, 5.41) is 9.28. The predicted molar refractivity (Wildman–Crippen MR) is 184 cm³/mol. The van der Waals surface area contributed by atoms with E-state index in [0.29, 0.717) is 10.7 Å². The van der Waals surface area contributed by atoms with Gasteiger partial charge in [-0.1, -0.05) is 71.0 Å². The number of carbonyl (C=O) groups excluding carboxylic acids is 2. The number of rotatable bonds is 11. The van der Waals surface area contributed by atoms with Gasteiger partial charge in [0.1, 0.15) is 11.5 Å². The summed E-state index contributed by atoms with van der Waals surface area (Å²) in [4.78, 5) is 54.2. The zero-order valence-corrected chi connectivity index (χ0v) is 28.2. The van der Waals surface area contributed by atoms with Crippen molar-refractivity contribution < 1.29 is 24.2 Å². The van der Waals surface area contributed by atoms with Crippen molar-refractivity contribution in [3.63, 3.8) is 0 Å². The van der Waals surface area contributed by atoms with E-state index in [0.717, 1.165) is 45.7 Å². The lowest BCUT2D eigenvalue weighted by Crippen LogP contribution is -2.55. The molecule has 0 spiro atoms. The number of nitrogens with zero attached hydrogens (tertiary/aromatic N) is 4. The van der Waals surface area contributed by atoms with Crippen LogP contribution in [0.2, 0.25) is 0 Å². The number of carboxylic acids is 1. The third-order valence-corrected chi connectivity index (χ3v) is 9.69. The Morgan fingerprint density at radius 3 is 2.09 bits per heavy atom. The number of thiophene rings is 1. The Morgan fingerprint density at radius 2 is 1.53 bits per heavy atom. The number of hydrogen-bond donors (Lipinski definition) is 1. The fourth-order valence-corrected chi connectivity index (χ4v) is 6.09. The molecule has 244 valence electrons. The number of benzene rings is 2. The van der Waals surface area contributed by atoms with E-state index in [1.165, 1.54) is 16.2 Å². The normalized spacial score (nSPS) is 13.8. The van der Waals surface area contributed by atoms with Crippen LogP contribution in [-0.4, -0.2) is 62.7 Å². The second-order valence-corrected chi connectivity index (χ2v) is 13.9. The number of ether oxygens (including phenoxy) is 1. The Morgan fingerprint density at radius 1 is 0.915 bits per heavy atom. The van der Waals surface area contributed by atoms with Crippen LogP contribution in [0.25, 0.3) is 22.5 Å². The maximum absolute atomic E-state index is 13.4. The number of aromatic nitrogens is 2. The molecule has 1 N–H and O–H groups in total. The average molecular weight is 653 g/mol. The standard InChI is InChI=1S/C37H40N4O5S/c1-6-28(7-2)46-29-14-12-24(13-15-29)26-19-38-33(39-20-26)25-10-8-23(9-11-25)18-30(35(43)41-21-27(22-41)36(44)45)40-34(42)31-16-17-32(47-31)37(3,4)5/h8-17,19-20,27-28H,6-7,18,21-22H2,1-5H3,(H,44,45). The molecule has 0 aliphatic carbocycles. The van der Waals surface area contributed by atoms with Gasteiger partial charge in [-0.15, -0.1) is 11.3 Å². The number of carbonyl (C=O) groups is 3. The van der Waals surface area contributed by atoms with Crippen molar-refractivity contribution in [2.75, 3.05) is 13.1 Å². The maximum Gasteiger partial charge on any atom is 0.310 e. The van der Waals surface area contributed by atoms with Gasteiger partial charge in [0.25, 0.3) is 11.8 Å². The molecule has 1 saturated heterocycles. The van der Waals surface area contributed by atoms with Crippen molar-refractivity contribution in [2.45, 2.75) is 65.4 Å². The molecule has 0 radical (unpaired) electrons. The molecule has 2 aromatic heterocycles. The molecule has 47 heavy (non-hydrogen) atoms. The van der Waals surface area contributed by atoms with Gasteiger partial charge in [-0.25, -0.2) is 15.0 Å². The van der Waals surface area contributed by atoms with E-state index in [-0.39, 0.29) is 36.7 Å². The summed E-state index contributed by atoms with van der Waals surface area (Å²) in [5.74, 6) is -1.07. The number of hydrogen-bond acceptors (Lipinski definition) is 7. The lowest BCUT2D eigenvalue weighted by atomic mass is 9.95. The monoisotopic (exact) mass is 652 g/mol. The van der Waals surface area contributed by atoms with Gasteiger partial charge in [-0.05, 0) is 53.6 Å². The summed E-state index contributed by atoms with van der Waals surface area (Å²) in [6.45, 7) is 10.6. The molecule has 10 heteroatoms. The first kappa shape index (κ1) is 33.7. The quantitative estimate of drug-likeness (QED) is 0.172. The van der Waals surface area contributed by atoms with Crippen LogP contribution in [0, 0.1) is 5.92 Å². The molecule has 0 bridgehead atoms. The van der Waals surface area contributed by atoms with E-state index in [9.17, 15) is 19.5 Å². The van der Waals surface area contributed by atoms with Gasteiger partial charge in [-0.3, -0.25) is 14.4 Å². The second-order valence-electron chi connectivity index (χ2n) is 12.8. The minimum Gasteiger partial charge on any atom is -0.490 e. The molecule has 9 nitrogen and oxygen atoms in total. The zero-order chi connectivity index (χ0) is 33.7. The summed E-state index contributed by atoms with van der Waals surface area (Å²) in [5.41, 5.74) is 3.42. The van der Waals surface area contributed by atoms with Crippen LogP contribution >= 0.6 is 11.3 Å². The average Bonchev–Trinajstić information content (AvgIpc) is 3.55. The Hall–Kier alpha value is -4.70. The largest absolute Gasteiger partial charge is 0.490 e. The fraction of sp³-hybridized carbons (Fsp3) is 0.351. The second kappa shape index (κ2) is 14.4. The van der Waals surface area contributed by atoms with Crippen molar-refractivity contribution in [3.05, 3.63) is 88.4 Å². The lowest BCUT2D eigenvalue weighted by molar-refractivity contribution is -0.150. The van der Waals surface area contributed by atoms with Crippen LogP contribution in [0.15, 0.2) is 78.0 Å². The molecule has 0 saturated carbocycles. The van der Waals surface area contributed by atoms with E-state index in [1.807, 2.05) is 54.6 Å². The Labute approximate surface area is 279 Å². The van der Waals surface area contributed by atoms with Crippen molar-refractivity contribution >= 4 is 34.8 Å². The lowest BCUT2D eigenvalue weighted by Gasteiger charge is -2.36. The fourth-order valence-electron chi connectivity index (χ4n) is 5.14. The van der Waals surface area contributed by atoms with Crippen LogP contribution in [0.1, 0.15) is 67.6 Å². The van der Waals surface area contributed by atoms with E-state index >= 15 is 0 Å². The van der Waals surface area contributed by atoms with Crippen molar-refractivity contribution in [1.82, 2.24) is 14.9 Å². The van der Waals surface area contributed by atoms with E-state index < -0.39 is 23.7 Å². The molecule has 0 atom stereocenters. The van der Waals surface area contributed by atoms with Crippen LogP contribution in [0.5, 0.6) is 5.75 Å². The molecule has 1 aliphatic heterocycles. The minimum atomic E-state index is -0.942. The van der Waals surface area contributed by atoms with Crippen LogP contribution in [0.4, 0.5) is 0 Å². The number of likely N-dealkylation sites (tertiary alicyclic amines) is 1. The van der Waals surface area contributed by atoms with Crippen LogP contribution in [-0.2, 0) is 21.4 Å². The highest BCUT2D eigenvalue weighted by molar-refractivity contribution is 7.14. The van der Waals surface area contributed by atoms with E-state index in [1.54, 1.807) is 18.5 Å². The van der Waals surface area contributed by atoms with Gasteiger partial charge in [0.2, 0.25) is 0 Å². The summed E-state index contributed by atoms with van der Waals surface area (Å²) in [6.07, 6.45) is 5.82. The first-order valence-corrected chi connectivity index (χ1v) is 16.7. The zero-order valence-electron chi connectivity index (χ0n) is 27.4. The van der Waals surface area contributed by atoms with Gasteiger partial charge < -0.3 is 14.7 Å². The van der Waals surface area contributed by atoms with Gasteiger partial charge in [-0.2, -0.15) is 0 Å². The highest BCUT2D eigenvalue weighted by atomic mass is 32.1. The molecular formula is C37H40N4O5S. The molecule has 5 rings (SSSR count). The van der Waals surface area contributed by atoms with Crippen molar-refractivity contribution in [3.8, 4) is 28.3 Å². The Balaban J connectivity index is 1.30. The van der Waals surface area contributed by atoms with Crippen LogP contribution < -0.4 is 4.74 Å². The minimum absolute atomic E-state index is 0.0780. The van der Waals surface area contributed by atoms with Gasteiger partial charge >= 0.3 is 5.97 Å². The Bertz CT molecular complexity index is 1750. The van der Waals surface area contributed by atoms with Crippen molar-refractivity contribution in [1.29, 1.82) is 0 Å². The number of aliphatic carboxylic acids is 1. The third kappa shape index (κ3) is 8.18.